The largest absolute Gasteiger partial charge is 0.364 e. The normalized spacial score (nSPS) is 12.0. The number of nitrogens with zero attached hydrogens (tertiary/aromatic N) is 2. The number of rotatable bonds is 1. The molecule has 0 atom stereocenters. The third-order valence-electron chi connectivity index (χ3n) is 1.80. The Hall–Kier alpha value is -0.430. The van der Waals surface area contributed by atoms with Gasteiger partial charge in [-0.25, -0.2) is 9.97 Å². The number of thiophene rings is 1. The molecule has 0 amide bonds. The van der Waals surface area contributed by atoms with Crippen molar-refractivity contribution in [3.8, 4) is 0 Å². The number of nitrogens with one attached hydrogen (secondary N) is 1. The number of anilines is 1. The predicted octanol–water partition coefficient (Wildman–Crippen LogP) is 3.51. The molecule has 0 radical (unpaired) electrons. The first-order valence-corrected chi connectivity index (χ1v) is 6.59. The molecule has 0 aromatic carbocycles. The van der Waals surface area contributed by atoms with E-state index in [1.54, 1.807) is 17.7 Å². The number of fused-ring (bicyclic) bond motifs is 1. The summed E-state index contributed by atoms with van der Waals surface area (Å²) in [5.41, 5.74) is 1.07. The van der Waals surface area contributed by atoms with E-state index >= 15 is 0 Å². The summed E-state index contributed by atoms with van der Waals surface area (Å²) in [6.07, 6.45) is 1.62. The first kappa shape index (κ1) is 11.1. The number of hydrogen-bond acceptors (Lipinski definition) is 4. The van der Waals surface area contributed by atoms with Gasteiger partial charge in [-0.15, -0.1) is 11.3 Å². The Balaban J connectivity index is 2.52. The first-order valence-electron chi connectivity index (χ1n) is 4.63. The minimum absolute atomic E-state index is 0.0245. The van der Waals surface area contributed by atoms with Crippen LogP contribution in [-0.2, 0) is 0 Å². The molecular weight excluding hydrogens is 321 g/mol. The molecule has 0 fully saturated rings. The van der Waals surface area contributed by atoms with E-state index in [2.05, 4.69) is 64.0 Å². The standard InChI is InChI=1S/C10H12IN3S/c1-10(2,3)14-9-8-7(12-5-13-9)6(11)4-15-8/h4-5H,1-3H3,(H,12,13,14). The fourth-order valence-electron chi connectivity index (χ4n) is 1.27. The van der Waals surface area contributed by atoms with Gasteiger partial charge in [0.1, 0.15) is 12.1 Å². The molecule has 3 nitrogen and oxygen atoms in total. The van der Waals surface area contributed by atoms with E-state index < -0.39 is 0 Å². The van der Waals surface area contributed by atoms with Crippen molar-refractivity contribution < 1.29 is 0 Å². The lowest BCUT2D eigenvalue weighted by atomic mass is 10.1. The zero-order chi connectivity index (χ0) is 11.1. The summed E-state index contributed by atoms with van der Waals surface area (Å²) in [6.45, 7) is 6.37. The van der Waals surface area contributed by atoms with Crippen LogP contribution in [0.25, 0.3) is 10.2 Å². The highest BCUT2D eigenvalue weighted by molar-refractivity contribution is 14.1. The van der Waals surface area contributed by atoms with Crippen molar-refractivity contribution in [3.05, 3.63) is 15.3 Å². The fourth-order valence-corrected chi connectivity index (χ4v) is 3.06. The molecule has 2 rings (SSSR count). The highest BCUT2D eigenvalue weighted by atomic mass is 127. The van der Waals surface area contributed by atoms with E-state index in [9.17, 15) is 0 Å². The fraction of sp³-hybridized carbons (Fsp3) is 0.400. The second-order valence-electron chi connectivity index (χ2n) is 4.36. The molecule has 15 heavy (non-hydrogen) atoms. The summed E-state index contributed by atoms with van der Waals surface area (Å²) in [4.78, 5) is 8.57. The number of halogens is 1. The SMILES string of the molecule is CC(C)(C)Nc1ncnc2c(I)csc12. The second kappa shape index (κ2) is 3.86. The lowest BCUT2D eigenvalue weighted by Crippen LogP contribution is -2.26. The molecule has 2 aromatic rings. The van der Waals surface area contributed by atoms with Crippen molar-refractivity contribution in [2.24, 2.45) is 0 Å². The Kier molecular flexibility index (Phi) is 2.85. The van der Waals surface area contributed by atoms with Crippen LogP contribution in [-0.4, -0.2) is 15.5 Å². The van der Waals surface area contributed by atoms with E-state index in [1.807, 2.05) is 0 Å². The maximum Gasteiger partial charge on any atom is 0.147 e. The molecule has 0 saturated carbocycles. The van der Waals surface area contributed by atoms with Crippen LogP contribution in [0.15, 0.2) is 11.7 Å². The first-order chi connectivity index (χ1) is 6.97. The lowest BCUT2D eigenvalue weighted by molar-refractivity contribution is 0.631. The Labute approximate surface area is 106 Å². The zero-order valence-electron chi connectivity index (χ0n) is 8.84. The van der Waals surface area contributed by atoms with Gasteiger partial charge in [-0.05, 0) is 43.4 Å². The molecule has 0 aliphatic heterocycles. The number of aromatic nitrogens is 2. The summed E-state index contributed by atoms with van der Waals surface area (Å²) < 4.78 is 2.32. The van der Waals surface area contributed by atoms with E-state index in [-0.39, 0.29) is 5.54 Å². The molecule has 0 aliphatic carbocycles. The highest BCUT2D eigenvalue weighted by Crippen LogP contribution is 2.30. The minimum atomic E-state index is 0.0245. The highest BCUT2D eigenvalue weighted by Gasteiger charge is 2.14. The van der Waals surface area contributed by atoms with Gasteiger partial charge in [0.15, 0.2) is 0 Å². The van der Waals surface area contributed by atoms with Crippen molar-refractivity contribution in [2.75, 3.05) is 5.32 Å². The summed E-state index contributed by atoms with van der Waals surface area (Å²) in [7, 11) is 0. The molecule has 0 unspecified atom stereocenters. The van der Waals surface area contributed by atoms with Crippen LogP contribution in [0.2, 0.25) is 0 Å². The quantitative estimate of drug-likeness (QED) is 0.812. The monoisotopic (exact) mass is 333 g/mol. The van der Waals surface area contributed by atoms with Crippen molar-refractivity contribution >= 4 is 50.0 Å². The average molecular weight is 333 g/mol. The van der Waals surface area contributed by atoms with Gasteiger partial charge in [-0.2, -0.15) is 0 Å². The third kappa shape index (κ3) is 2.39. The molecule has 0 saturated heterocycles. The Bertz CT molecular complexity index is 487. The van der Waals surface area contributed by atoms with Gasteiger partial charge < -0.3 is 5.32 Å². The van der Waals surface area contributed by atoms with Gasteiger partial charge in [-0.3, -0.25) is 0 Å². The molecule has 0 aliphatic rings. The summed E-state index contributed by atoms with van der Waals surface area (Å²) >= 11 is 3.99. The van der Waals surface area contributed by atoms with Crippen LogP contribution < -0.4 is 5.32 Å². The minimum Gasteiger partial charge on any atom is -0.364 e. The van der Waals surface area contributed by atoms with Crippen molar-refractivity contribution in [1.82, 2.24) is 9.97 Å². The zero-order valence-corrected chi connectivity index (χ0v) is 11.8. The maximum atomic E-state index is 4.29. The third-order valence-corrected chi connectivity index (χ3v) is 4.02. The van der Waals surface area contributed by atoms with Gasteiger partial charge in [0.25, 0.3) is 0 Å². The lowest BCUT2D eigenvalue weighted by Gasteiger charge is -2.21. The molecule has 0 spiro atoms. The molecule has 2 heterocycles. The van der Waals surface area contributed by atoms with Crippen LogP contribution in [0.4, 0.5) is 5.82 Å². The van der Waals surface area contributed by atoms with Gasteiger partial charge in [0, 0.05) is 10.9 Å². The summed E-state index contributed by atoms with van der Waals surface area (Å²) in [5.74, 6) is 0.931. The van der Waals surface area contributed by atoms with Crippen LogP contribution in [0, 0.1) is 3.57 Å². The summed E-state index contributed by atoms with van der Waals surface area (Å²) in [6, 6.07) is 0. The Morgan fingerprint density at radius 1 is 1.33 bits per heavy atom. The molecule has 80 valence electrons. The molecule has 1 N–H and O–H groups in total. The van der Waals surface area contributed by atoms with Crippen LogP contribution in [0.5, 0.6) is 0 Å². The van der Waals surface area contributed by atoms with E-state index in [0.717, 1.165) is 16.0 Å². The van der Waals surface area contributed by atoms with Gasteiger partial charge in [0.2, 0.25) is 0 Å². The van der Waals surface area contributed by atoms with Crippen molar-refractivity contribution in [1.29, 1.82) is 0 Å². The van der Waals surface area contributed by atoms with Crippen LogP contribution in [0.3, 0.4) is 0 Å². The molecule has 0 bridgehead atoms. The number of hydrogen-bond donors (Lipinski definition) is 1. The van der Waals surface area contributed by atoms with Crippen molar-refractivity contribution in [2.45, 2.75) is 26.3 Å². The Morgan fingerprint density at radius 3 is 2.73 bits per heavy atom. The smallest absolute Gasteiger partial charge is 0.147 e. The Morgan fingerprint density at radius 2 is 2.07 bits per heavy atom. The van der Waals surface area contributed by atoms with E-state index in [0.29, 0.717) is 0 Å². The van der Waals surface area contributed by atoms with E-state index in [4.69, 9.17) is 0 Å². The van der Waals surface area contributed by atoms with Crippen LogP contribution in [0.1, 0.15) is 20.8 Å². The van der Waals surface area contributed by atoms with Gasteiger partial charge in [0.05, 0.1) is 13.8 Å². The molecule has 2 aromatic heterocycles. The second-order valence-corrected chi connectivity index (χ2v) is 6.40. The average Bonchev–Trinajstić information content (AvgIpc) is 2.47. The maximum absolute atomic E-state index is 4.29. The molecular formula is C10H12IN3S. The van der Waals surface area contributed by atoms with Gasteiger partial charge in [-0.1, -0.05) is 0 Å². The van der Waals surface area contributed by atoms with Gasteiger partial charge >= 0.3 is 0 Å². The molecule has 5 heteroatoms. The van der Waals surface area contributed by atoms with E-state index in [1.165, 1.54) is 3.57 Å². The summed E-state index contributed by atoms with van der Waals surface area (Å²) in [5, 5.41) is 5.50. The predicted molar refractivity (Wildman–Crippen MR) is 73.5 cm³/mol. The topological polar surface area (TPSA) is 37.8 Å². The van der Waals surface area contributed by atoms with Crippen LogP contribution >= 0.6 is 33.9 Å². The van der Waals surface area contributed by atoms with Crippen molar-refractivity contribution in [3.63, 3.8) is 0 Å².